The van der Waals surface area contributed by atoms with Gasteiger partial charge in [0.2, 0.25) is 0 Å². The maximum Gasteiger partial charge on any atom is 0.131 e. The van der Waals surface area contributed by atoms with Gasteiger partial charge in [-0.3, -0.25) is 4.98 Å². The van der Waals surface area contributed by atoms with Gasteiger partial charge in [0.25, 0.3) is 0 Å². The van der Waals surface area contributed by atoms with E-state index in [2.05, 4.69) is 10.1 Å². The monoisotopic (exact) mass is 294 g/mol. The summed E-state index contributed by atoms with van der Waals surface area (Å²) in [4.78, 5) is 3.87. The van der Waals surface area contributed by atoms with Gasteiger partial charge in [-0.15, -0.1) is 0 Å². The van der Waals surface area contributed by atoms with Crippen LogP contribution in [0.3, 0.4) is 0 Å². The first-order chi connectivity index (χ1) is 9.61. The standard InChI is InChI=1S/C14H12ClFN2O2/c1-9(18-19)12-3-2-11(16)6-14(12)20-8-10-4-5-17-7-13(10)15/h2-7,19H,8H2,1H3. The average molecular weight is 295 g/mol. The summed E-state index contributed by atoms with van der Waals surface area (Å²) in [7, 11) is 0. The average Bonchev–Trinajstić information content (AvgIpc) is 2.46. The van der Waals surface area contributed by atoms with E-state index >= 15 is 0 Å². The van der Waals surface area contributed by atoms with Crippen LogP contribution in [0.25, 0.3) is 0 Å². The molecule has 0 aliphatic rings. The van der Waals surface area contributed by atoms with Gasteiger partial charge in [0.15, 0.2) is 0 Å². The van der Waals surface area contributed by atoms with E-state index in [-0.39, 0.29) is 12.4 Å². The molecule has 0 fully saturated rings. The van der Waals surface area contributed by atoms with Crippen LogP contribution in [0.4, 0.5) is 4.39 Å². The third-order valence-electron chi connectivity index (χ3n) is 2.72. The summed E-state index contributed by atoms with van der Waals surface area (Å²) in [6, 6.07) is 5.72. The van der Waals surface area contributed by atoms with E-state index in [1.807, 2.05) is 0 Å². The van der Waals surface area contributed by atoms with Gasteiger partial charge < -0.3 is 9.94 Å². The van der Waals surface area contributed by atoms with E-state index < -0.39 is 5.82 Å². The highest BCUT2D eigenvalue weighted by atomic mass is 35.5. The molecule has 2 aromatic rings. The third kappa shape index (κ3) is 3.24. The van der Waals surface area contributed by atoms with Crippen LogP contribution in [0.15, 0.2) is 41.8 Å². The predicted molar refractivity (Wildman–Crippen MR) is 74.0 cm³/mol. The minimum atomic E-state index is -0.435. The van der Waals surface area contributed by atoms with Crippen LogP contribution < -0.4 is 4.74 Å². The molecule has 1 heterocycles. The van der Waals surface area contributed by atoms with E-state index in [0.29, 0.717) is 16.3 Å². The topological polar surface area (TPSA) is 54.7 Å². The molecule has 4 nitrogen and oxygen atoms in total. The Bertz CT molecular complexity index is 647. The number of nitrogens with zero attached hydrogens (tertiary/aromatic N) is 2. The molecule has 0 amide bonds. The summed E-state index contributed by atoms with van der Waals surface area (Å²) in [5.41, 5.74) is 1.58. The van der Waals surface area contributed by atoms with E-state index in [1.54, 1.807) is 19.2 Å². The number of benzene rings is 1. The molecule has 0 radical (unpaired) electrons. The van der Waals surface area contributed by atoms with Crippen molar-refractivity contribution in [2.24, 2.45) is 5.16 Å². The Hall–Kier alpha value is -2.14. The van der Waals surface area contributed by atoms with Crippen molar-refractivity contribution in [2.75, 3.05) is 0 Å². The van der Waals surface area contributed by atoms with E-state index in [9.17, 15) is 4.39 Å². The fraction of sp³-hybridized carbons (Fsp3) is 0.143. The Morgan fingerprint density at radius 3 is 2.95 bits per heavy atom. The van der Waals surface area contributed by atoms with Crippen molar-refractivity contribution in [1.29, 1.82) is 0 Å². The van der Waals surface area contributed by atoms with Crippen molar-refractivity contribution in [3.8, 4) is 5.75 Å². The van der Waals surface area contributed by atoms with Crippen LogP contribution in [0, 0.1) is 5.82 Å². The van der Waals surface area contributed by atoms with Gasteiger partial charge in [-0.2, -0.15) is 0 Å². The predicted octanol–water partition coefficient (Wildman–Crippen LogP) is 3.65. The van der Waals surface area contributed by atoms with Crippen LogP contribution >= 0.6 is 11.6 Å². The summed E-state index contributed by atoms with van der Waals surface area (Å²) in [6.45, 7) is 1.76. The lowest BCUT2D eigenvalue weighted by Crippen LogP contribution is -2.03. The van der Waals surface area contributed by atoms with Gasteiger partial charge in [0, 0.05) is 29.6 Å². The molecule has 0 saturated carbocycles. The first kappa shape index (κ1) is 14.3. The lowest BCUT2D eigenvalue weighted by atomic mass is 10.1. The molecule has 1 N–H and O–H groups in total. The minimum absolute atomic E-state index is 0.163. The minimum Gasteiger partial charge on any atom is -0.488 e. The molecule has 20 heavy (non-hydrogen) atoms. The molecule has 1 aromatic carbocycles. The molecular formula is C14H12ClFN2O2. The number of ether oxygens (including phenoxy) is 1. The molecule has 104 valence electrons. The van der Waals surface area contributed by atoms with Crippen molar-refractivity contribution in [3.05, 3.63) is 58.6 Å². The van der Waals surface area contributed by atoms with Crippen molar-refractivity contribution in [1.82, 2.24) is 4.98 Å². The van der Waals surface area contributed by atoms with Gasteiger partial charge >= 0.3 is 0 Å². The molecule has 6 heteroatoms. The smallest absolute Gasteiger partial charge is 0.131 e. The maximum absolute atomic E-state index is 13.3. The molecule has 0 saturated heterocycles. The van der Waals surface area contributed by atoms with Crippen LogP contribution in [0.5, 0.6) is 5.75 Å². The Kier molecular flexibility index (Phi) is 4.53. The second-order valence-electron chi connectivity index (χ2n) is 4.08. The highest BCUT2D eigenvalue weighted by Gasteiger charge is 2.10. The van der Waals surface area contributed by atoms with Gasteiger partial charge in [-0.1, -0.05) is 16.8 Å². The molecule has 1 aromatic heterocycles. The zero-order valence-corrected chi connectivity index (χ0v) is 11.4. The number of halogens is 2. The van der Waals surface area contributed by atoms with Crippen LogP contribution in [-0.2, 0) is 6.61 Å². The van der Waals surface area contributed by atoms with E-state index in [1.165, 1.54) is 24.4 Å². The molecule has 0 atom stereocenters. The summed E-state index contributed by atoms with van der Waals surface area (Å²) < 4.78 is 18.9. The fourth-order valence-corrected chi connectivity index (χ4v) is 1.82. The van der Waals surface area contributed by atoms with Crippen molar-refractivity contribution in [3.63, 3.8) is 0 Å². The second kappa shape index (κ2) is 6.34. The lowest BCUT2D eigenvalue weighted by Gasteiger charge is -2.11. The summed E-state index contributed by atoms with van der Waals surface area (Å²) in [6.07, 6.45) is 3.10. The SMILES string of the molecule is CC(=NO)c1ccc(F)cc1OCc1ccncc1Cl. The lowest BCUT2D eigenvalue weighted by molar-refractivity contribution is 0.302. The van der Waals surface area contributed by atoms with E-state index in [0.717, 1.165) is 5.56 Å². The first-order valence-electron chi connectivity index (χ1n) is 5.81. The third-order valence-corrected chi connectivity index (χ3v) is 3.06. The van der Waals surface area contributed by atoms with Gasteiger partial charge in [-0.25, -0.2) is 4.39 Å². The van der Waals surface area contributed by atoms with Crippen molar-refractivity contribution >= 4 is 17.3 Å². The summed E-state index contributed by atoms with van der Waals surface area (Å²) in [5.74, 6) is -0.150. The Morgan fingerprint density at radius 2 is 2.25 bits per heavy atom. The number of hydrogen-bond acceptors (Lipinski definition) is 4. The number of hydrogen-bond donors (Lipinski definition) is 1. The highest BCUT2D eigenvalue weighted by Crippen LogP contribution is 2.23. The molecule has 0 aliphatic carbocycles. The van der Waals surface area contributed by atoms with E-state index in [4.69, 9.17) is 21.5 Å². The van der Waals surface area contributed by atoms with Gasteiger partial charge in [0.1, 0.15) is 18.2 Å². The summed E-state index contributed by atoms with van der Waals surface area (Å²) in [5, 5.41) is 12.4. The normalized spacial score (nSPS) is 11.4. The Balaban J connectivity index is 2.25. The van der Waals surface area contributed by atoms with Gasteiger partial charge in [0.05, 0.1) is 10.7 Å². The molecule has 2 rings (SSSR count). The Morgan fingerprint density at radius 1 is 1.45 bits per heavy atom. The van der Waals surface area contributed by atoms with Crippen molar-refractivity contribution in [2.45, 2.75) is 13.5 Å². The highest BCUT2D eigenvalue weighted by molar-refractivity contribution is 6.31. The van der Waals surface area contributed by atoms with Gasteiger partial charge in [-0.05, 0) is 25.1 Å². The summed E-state index contributed by atoms with van der Waals surface area (Å²) >= 11 is 5.97. The number of rotatable bonds is 4. The largest absolute Gasteiger partial charge is 0.488 e. The molecule has 0 aliphatic heterocycles. The molecule has 0 bridgehead atoms. The molecule has 0 spiro atoms. The number of pyridine rings is 1. The van der Waals surface area contributed by atoms with Crippen LogP contribution in [-0.4, -0.2) is 15.9 Å². The van der Waals surface area contributed by atoms with Crippen LogP contribution in [0.2, 0.25) is 5.02 Å². The quantitative estimate of drug-likeness (QED) is 0.532. The Labute approximate surface area is 120 Å². The molecule has 0 unspecified atom stereocenters. The molecular weight excluding hydrogens is 283 g/mol. The second-order valence-corrected chi connectivity index (χ2v) is 4.49. The number of aromatic nitrogens is 1. The maximum atomic E-state index is 13.3. The zero-order chi connectivity index (χ0) is 14.5. The number of oxime groups is 1. The first-order valence-corrected chi connectivity index (χ1v) is 6.19. The zero-order valence-electron chi connectivity index (χ0n) is 10.7. The van der Waals surface area contributed by atoms with Crippen molar-refractivity contribution < 1.29 is 14.3 Å². The van der Waals surface area contributed by atoms with Crippen LogP contribution in [0.1, 0.15) is 18.1 Å². The fourth-order valence-electron chi connectivity index (χ4n) is 1.64.